The van der Waals surface area contributed by atoms with Crippen molar-refractivity contribution in [1.29, 1.82) is 0 Å². The molecule has 1 saturated heterocycles. The summed E-state index contributed by atoms with van der Waals surface area (Å²) >= 11 is 6.18. The van der Waals surface area contributed by atoms with Gasteiger partial charge in [0.2, 0.25) is 0 Å². The van der Waals surface area contributed by atoms with Gasteiger partial charge in [0.25, 0.3) is 0 Å². The highest BCUT2D eigenvalue weighted by Gasteiger charge is 2.28. The molecule has 0 amide bonds. The quantitative estimate of drug-likeness (QED) is 0.498. The van der Waals surface area contributed by atoms with Crippen LogP contribution >= 0.6 is 11.6 Å². The highest BCUT2D eigenvalue weighted by Crippen LogP contribution is 2.15. The van der Waals surface area contributed by atoms with Crippen LogP contribution in [-0.4, -0.2) is 42.1 Å². The average Bonchev–Trinajstić information content (AvgIpc) is 2.38. The van der Waals surface area contributed by atoms with Crippen LogP contribution in [0.25, 0.3) is 0 Å². The van der Waals surface area contributed by atoms with Crippen molar-refractivity contribution in [2.75, 3.05) is 19.7 Å². The number of ketones is 1. The second kappa shape index (κ2) is 5.60. The summed E-state index contributed by atoms with van der Waals surface area (Å²) < 4.78 is 5.21. The van der Waals surface area contributed by atoms with E-state index in [9.17, 15) is 4.79 Å². The number of alkyl halides is 1. The van der Waals surface area contributed by atoms with Crippen molar-refractivity contribution in [1.82, 2.24) is 4.90 Å². The summed E-state index contributed by atoms with van der Waals surface area (Å²) in [5.41, 5.74) is 5.61. The molecule has 1 fully saturated rings. The minimum Gasteiger partial charge on any atom is -0.361 e. The predicted molar refractivity (Wildman–Crippen MR) is 65.9 cm³/mol. The Morgan fingerprint density at radius 3 is 2.82 bits per heavy atom. The van der Waals surface area contributed by atoms with Gasteiger partial charge in [-0.1, -0.05) is 41.9 Å². The summed E-state index contributed by atoms with van der Waals surface area (Å²) in [6, 6.07) is 9.03. The number of hydrogen-bond donors (Lipinski definition) is 1. The monoisotopic (exact) mass is 254 g/mol. The molecule has 17 heavy (non-hydrogen) atoms. The second-order valence-electron chi connectivity index (χ2n) is 3.97. The van der Waals surface area contributed by atoms with Crippen LogP contribution in [0.3, 0.4) is 0 Å². The molecule has 0 radical (unpaired) electrons. The molecular weight excluding hydrogens is 240 g/mol. The Morgan fingerprint density at radius 1 is 1.47 bits per heavy atom. The van der Waals surface area contributed by atoms with Crippen molar-refractivity contribution in [2.24, 2.45) is 5.73 Å². The zero-order valence-corrected chi connectivity index (χ0v) is 10.1. The van der Waals surface area contributed by atoms with Crippen LogP contribution in [0.2, 0.25) is 0 Å². The lowest BCUT2D eigenvalue weighted by atomic mass is 10.1. The Morgan fingerprint density at radius 2 is 2.18 bits per heavy atom. The maximum atomic E-state index is 12.1. The third kappa shape index (κ3) is 3.04. The summed E-state index contributed by atoms with van der Waals surface area (Å²) in [5.74, 6) is -0.0960. The number of carbonyl (C=O) groups is 1. The molecule has 5 heteroatoms. The number of morpholine rings is 1. The van der Waals surface area contributed by atoms with Gasteiger partial charge in [-0.15, -0.1) is 0 Å². The van der Waals surface area contributed by atoms with Gasteiger partial charge in [0.15, 0.2) is 5.78 Å². The molecule has 2 atom stereocenters. The molecule has 1 aromatic carbocycles. The van der Waals surface area contributed by atoms with E-state index in [0.29, 0.717) is 25.3 Å². The third-order valence-corrected chi connectivity index (χ3v) is 3.19. The maximum Gasteiger partial charge on any atom is 0.195 e. The van der Waals surface area contributed by atoms with Gasteiger partial charge >= 0.3 is 0 Å². The normalized spacial score (nSPS) is 23.3. The standard InChI is InChI=1S/C12H15ClN2O2/c13-12(15-6-7-17-10(14)8-15)11(16)9-4-2-1-3-5-9/h1-5,10,12H,6-8,14H2. The molecule has 0 aliphatic carbocycles. The fraction of sp³-hybridized carbons (Fsp3) is 0.417. The molecule has 1 heterocycles. The molecule has 0 saturated carbocycles. The van der Waals surface area contributed by atoms with Gasteiger partial charge in [-0.25, -0.2) is 0 Å². The zero-order valence-electron chi connectivity index (χ0n) is 9.38. The van der Waals surface area contributed by atoms with Crippen LogP contribution in [0.4, 0.5) is 0 Å². The van der Waals surface area contributed by atoms with Gasteiger partial charge in [0, 0.05) is 18.7 Å². The number of halogens is 1. The summed E-state index contributed by atoms with van der Waals surface area (Å²) in [4.78, 5) is 13.9. The molecule has 2 N–H and O–H groups in total. The molecule has 92 valence electrons. The van der Waals surface area contributed by atoms with E-state index in [-0.39, 0.29) is 12.0 Å². The number of carbonyl (C=O) groups excluding carboxylic acids is 1. The zero-order chi connectivity index (χ0) is 12.3. The summed E-state index contributed by atoms with van der Waals surface area (Å²) in [5, 5.41) is 0. The molecule has 1 aromatic rings. The van der Waals surface area contributed by atoms with Crippen LogP contribution in [0.15, 0.2) is 30.3 Å². The van der Waals surface area contributed by atoms with E-state index in [1.54, 1.807) is 12.1 Å². The van der Waals surface area contributed by atoms with E-state index < -0.39 is 5.50 Å². The van der Waals surface area contributed by atoms with Crippen molar-refractivity contribution in [2.45, 2.75) is 11.7 Å². The van der Waals surface area contributed by atoms with E-state index >= 15 is 0 Å². The molecule has 0 bridgehead atoms. The number of rotatable bonds is 3. The van der Waals surface area contributed by atoms with Crippen LogP contribution in [0.1, 0.15) is 10.4 Å². The Hall–Kier alpha value is -0.940. The fourth-order valence-corrected chi connectivity index (χ4v) is 2.11. The Labute approximate surface area is 105 Å². The van der Waals surface area contributed by atoms with E-state index in [2.05, 4.69) is 0 Å². The third-order valence-electron chi connectivity index (χ3n) is 2.72. The Kier molecular flexibility index (Phi) is 4.12. The minimum atomic E-state index is -0.674. The molecule has 4 nitrogen and oxygen atoms in total. The van der Waals surface area contributed by atoms with E-state index in [4.69, 9.17) is 22.1 Å². The van der Waals surface area contributed by atoms with Crippen molar-refractivity contribution < 1.29 is 9.53 Å². The van der Waals surface area contributed by atoms with Gasteiger partial charge in [-0.3, -0.25) is 9.69 Å². The largest absolute Gasteiger partial charge is 0.361 e. The Balaban J connectivity index is 2.04. The first kappa shape index (κ1) is 12.5. The van der Waals surface area contributed by atoms with E-state index in [1.807, 2.05) is 23.1 Å². The number of benzene rings is 1. The summed E-state index contributed by atoms with van der Waals surface area (Å²) in [6.07, 6.45) is -0.367. The Bertz CT molecular complexity index is 385. The van der Waals surface area contributed by atoms with Crippen LogP contribution in [0.5, 0.6) is 0 Å². The lowest BCUT2D eigenvalue weighted by Crippen LogP contribution is -2.51. The number of nitrogens with two attached hydrogens (primary N) is 1. The lowest BCUT2D eigenvalue weighted by molar-refractivity contribution is -0.0267. The van der Waals surface area contributed by atoms with Gasteiger partial charge < -0.3 is 10.5 Å². The summed E-state index contributed by atoms with van der Waals surface area (Å²) in [6.45, 7) is 1.61. The molecule has 0 spiro atoms. The van der Waals surface area contributed by atoms with Crippen molar-refractivity contribution in [3.05, 3.63) is 35.9 Å². The van der Waals surface area contributed by atoms with Crippen molar-refractivity contribution in [3.63, 3.8) is 0 Å². The minimum absolute atomic E-state index is 0.0960. The number of Topliss-reactive ketones (excluding diaryl/α,β-unsaturated/α-hetero) is 1. The number of ether oxygens (including phenoxy) is 1. The van der Waals surface area contributed by atoms with Gasteiger partial charge in [0.05, 0.1) is 6.61 Å². The predicted octanol–water partition coefficient (Wildman–Crippen LogP) is 1.05. The second-order valence-corrected chi connectivity index (χ2v) is 4.38. The first-order chi connectivity index (χ1) is 8.18. The molecular formula is C12H15ClN2O2. The molecule has 0 aromatic heterocycles. The van der Waals surface area contributed by atoms with Gasteiger partial charge in [0.1, 0.15) is 11.7 Å². The van der Waals surface area contributed by atoms with E-state index in [1.165, 1.54) is 0 Å². The molecule has 2 unspecified atom stereocenters. The molecule has 1 aliphatic rings. The maximum absolute atomic E-state index is 12.1. The summed E-state index contributed by atoms with van der Waals surface area (Å²) in [7, 11) is 0. The number of nitrogens with zero attached hydrogens (tertiary/aromatic N) is 1. The topological polar surface area (TPSA) is 55.6 Å². The molecule has 1 aliphatic heterocycles. The number of hydrogen-bond acceptors (Lipinski definition) is 4. The molecule has 2 rings (SSSR count). The lowest BCUT2D eigenvalue weighted by Gasteiger charge is -2.33. The van der Waals surface area contributed by atoms with Crippen LogP contribution in [-0.2, 0) is 4.74 Å². The highest BCUT2D eigenvalue weighted by molar-refractivity contribution is 6.33. The van der Waals surface area contributed by atoms with Gasteiger partial charge in [-0.05, 0) is 0 Å². The highest BCUT2D eigenvalue weighted by atomic mass is 35.5. The fourth-order valence-electron chi connectivity index (χ4n) is 1.81. The SMILES string of the molecule is NC1CN(C(Cl)C(=O)c2ccccc2)CCO1. The van der Waals surface area contributed by atoms with Gasteiger partial charge in [-0.2, -0.15) is 0 Å². The average molecular weight is 255 g/mol. The van der Waals surface area contributed by atoms with Crippen molar-refractivity contribution in [3.8, 4) is 0 Å². The first-order valence-corrected chi connectivity index (χ1v) is 5.96. The first-order valence-electron chi connectivity index (χ1n) is 5.53. The van der Waals surface area contributed by atoms with Crippen LogP contribution < -0.4 is 5.73 Å². The van der Waals surface area contributed by atoms with E-state index in [0.717, 1.165) is 0 Å². The smallest absolute Gasteiger partial charge is 0.195 e. The van der Waals surface area contributed by atoms with Crippen LogP contribution in [0, 0.1) is 0 Å². The van der Waals surface area contributed by atoms with Crippen molar-refractivity contribution >= 4 is 17.4 Å².